The van der Waals surface area contributed by atoms with Gasteiger partial charge >= 0.3 is 6.18 Å². The molecule has 1 aromatic rings. The zero-order chi connectivity index (χ0) is 10.1. The molecule has 0 aliphatic heterocycles. The summed E-state index contributed by atoms with van der Waals surface area (Å²) in [6, 6.07) is 0. The highest BCUT2D eigenvalue weighted by atomic mass is 19.4. The molecule has 0 aliphatic rings. The van der Waals surface area contributed by atoms with Crippen LogP contribution in [0.3, 0.4) is 0 Å². The summed E-state index contributed by atoms with van der Waals surface area (Å²) >= 11 is 0. The minimum atomic E-state index is -4.55. The van der Waals surface area contributed by atoms with Crippen LogP contribution in [0.5, 0.6) is 0 Å². The van der Waals surface area contributed by atoms with Gasteiger partial charge in [0, 0.05) is 0 Å². The van der Waals surface area contributed by atoms with Crippen LogP contribution < -0.4 is 5.73 Å². The molecular formula is C5H5F3N4O. The van der Waals surface area contributed by atoms with Gasteiger partial charge in [-0.15, -0.1) is 5.10 Å². The van der Waals surface area contributed by atoms with Gasteiger partial charge in [0.1, 0.15) is 6.54 Å². The van der Waals surface area contributed by atoms with Crippen molar-refractivity contribution in [1.82, 2.24) is 15.0 Å². The lowest BCUT2D eigenvalue weighted by Crippen LogP contribution is -2.19. The average molecular weight is 194 g/mol. The smallest absolute Gasteiger partial charge is 0.368 e. The van der Waals surface area contributed by atoms with Crippen LogP contribution in [0.2, 0.25) is 0 Å². The SMILES string of the molecule is NC(=O)Cn1cc(C(F)(F)F)nn1. The number of amides is 1. The highest BCUT2D eigenvalue weighted by molar-refractivity contribution is 5.73. The summed E-state index contributed by atoms with van der Waals surface area (Å²) in [4.78, 5) is 10.3. The highest BCUT2D eigenvalue weighted by Crippen LogP contribution is 2.26. The van der Waals surface area contributed by atoms with Crippen molar-refractivity contribution in [2.24, 2.45) is 5.73 Å². The van der Waals surface area contributed by atoms with E-state index in [9.17, 15) is 18.0 Å². The topological polar surface area (TPSA) is 73.8 Å². The molecule has 0 unspecified atom stereocenters. The third-order valence-electron chi connectivity index (χ3n) is 1.15. The molecule has 0 saturated heterocycles. The molecule has 1 aromatic heterocycles. The first-order valence-corrected chi connectivity index (χ1v) is 3.15. The number of hydrogen-bond donors (Lipinski definition) is 1. The number of primary amides is 1. The predicted molar refractivity (Wildman–Crippen MR) is 34.2 cm³/mol. The first-order valence-electron chi connectivity index (χ1n) is 3.15. The maximum atomic E-state index is 11.9. The van der Waals surface area contributed by atoms with Gasteiger partial charge < -0.3 is 5.73 Å². The molecule has 1 rings (SSSR count). The second-order valence-electron chi connectivity index (χ2n) is 2.27. The van der Waals surface area contributed by atoms with E-state index < -0.39 is 24.3 Å². The number of carbonyl (C=O) groups is 1. The van der Waals surface area contributed by atoms with Gasteiger partial charge in [0.05, 0.1) is 6.20 Å². The van der Waals surface area contributed by atoms with Crippen LogP contribution in [0.25, 0.3) is 0 Å². The van der Waals surface area contributed by atoms with Crippen molar-refractivity contribution >= 4 is 5.91 Å². The number of nitrogens with zero attached hydrogens (tertiary/aromatic N) is 3. The van der Waals surface area contributed by atoms with E-state index in [-0.39, 0.29) is 0 Å². The minimum Gasteiger partial charge on any atom is -0.368 e. The van der Waals surface area contributed by atoms with Crippen LogP contribution in [0, 0.1) is 0 Å². The van der Waals surface area contributed by atoms with Crippen molar-refractivity contribution in [3.8, 4) is 0 Å². The van der Waals surface area contributed by atoms with Crippen molar-refractivity contribution in [1.29, 1.82) is 0 Å². The number of rotatable bonds is 2. The average Bonchev–Trinajstić information content (AvgIpc) is 2.32. The first-order chi connectivity index (χ1) is 5.89. The number of alkyl halides is 3. The molecule has 5 nitrogen and oxygen atoms in total. The van der Waals surface area contributed by atoms with E-state index in [2.05, 4.69) is 10.3 Å². The molecule has 0 aliphatic carbocycles. The summed E-state index contributed by atoms with van der Waals surface area (Å²) in [6.45, 7) is -0.414. The fourth-order valence-electron chi connectivity index (χ4n) is 0.665. The molecule has 0 aromatic carbocycles. The van der Waals surface area contributed by atoms with Gasteiger partial charge in [-0.25, -0.2) is 4.68 Å². The fraction of sp³-hybridized carbons (Fsp3) is 0.400. The van der Waals surface area contributed by atoms with Gasteiger partial charge in [-0.1, -0.05) is 5.21 Å². The predicted octanol–water partition coefficient (Wildman–Crippen LogP) is -0.218. The van der Waals surface area contributed by atoms with Crippen LogP contribution in [0.1, 0.15) is 5.69 Å². The molecule has 0 atom stereocenters. The molecule has 13 heavy (non-hydrogen) atoms. The lowest BCUT2D eigenvalue weighted by atomic mass is 10.5. The van der Waals surface area contributed by atoms with Gasteiger partial charge in [0.25, 0.3) is 0 Å². The van der Waals surface area contributed by atoms with E-state index in [0.717, 1.165) is 4.68 Å². The quantitative estimate of drug-likeness (QED) is 0.707. The number of carbonyl (C=O) groups excluding carboxylic acids is 1. The second-order valence-corrected chi connectivity index (χ2v) is 2.27. The van der Waals surface area contributed by atoms with E-state index in [1.807, 2.05) is 0 Å². The molecule has 1 amide bonds. The van der Waals surface area contributed by atoms with Crippen LogP contribution in [0.4, 0.5) is 13.2 Å². The van der Waals surface area contributed by atoms with Gasteiger partial charge in [-0.3, -0.25) is 4.79 Å². The Labute approximate surface area is 70.3 Å². The van der Waals surface area contributed by atoms with Crippen molar-refractivity contribution < 1.29 is 18.0 Å². The standard InChI is InChI=1S/C5H5F3N4O/c6-5(7,8)3-1-12(11-10-3)2-4(9)13/h1H,2H2,(H2,9,13). The lowest BCUT2D eigenvalue weighted by Gasteiger charge is -1.98. The Morgan fingerprint density at radius 3 is 2.62 bits per heavy atom. The monoisotopic (exact) mass is 194 g/mol. The molecule has 0 saturated carbocycles. The molecule has 72 valence electrons. The maximum Gasteiger partial charge on any atom is 0.436 e. The number of halogens is 3. The Hall–Kier alpha value is -1.60. The molecule has 2 N–H and O–H groups in total. The van der Waals surface area contributed by atoms with E-state index in [0.29, 0.717) is 6.20 Å². The summed E-state index contributed by atoms with van der Waals surface area (Å²) in [6.07, 6.45) is -3.93. The Morgan fingerprint density at radius 1 is 1.62 bits per heavy atom. The van der Waals surface area contributed by atoms with Crippen LogP contribution in [-0.4, -0.2) is 20.9 Å². The van der Waals surface area contributed by atoms with Crippen molar-refractivity contribution in [3.05, 3.63) is 11.9 Å². The third kappa shape index (κ3) is 2.42. The van der Waals surface area contributed by atoms with Crippen molar-refractivity contribution in [2.75, 3.05) is 0 Å². The molecule has 0 fully saturated rings. The summed E-state index contributed by atoms with van der Waals surface area (Å²) in [5.74, 6) is -0.779. The molecule has 0 radical (unpaired) electrons. The molecular weight excluding hydrogens is 189 g/mol. The second kappa shape index (κ2) is 3.04. The number of nitrogens with two attached hydrogens (primary N) is 1. The van der Waals surface area contributed by atoms with E-state index in [4.69, 9.17) is 5.73 Å². The zero-order valence-corrected chi connectivity index (χ0v) is 6.25. The molecule has 0 spiro atoms. The number of hydrogen-bond acceptors (Lipinski definition) is 3. The Balaban J connectivity index is 2.81. The van der Waals surface area contributed by atoms with Crippen LogP contribution >= 0.6 is 0 Å². The third-order valence-corrected chi connectivity index (χ3v) is 1.15. The first kappa shape index (κ1) is 9.49. The van der Waals surface area contributed by atoms with Crippen molar-refractivity contribution in [3.63, 3.8) is 0 Å². The maximum absolute atomic E-state index is 11.9. The Bertz CT molecular complexity index is 318. The van der Waals surface area contributed by atoms with Crippen LogP contribution in [-0.2, 0) is 17.5 Å². The van der Waals surface area contributed by atoms with E-state index in [1.54, 1.807) is 0 Å². The van der Waals surface area contributed by atoms with E-state index >= 15 is 0 Å². The zero-order valence-electron chi connectivity index (χ0n) is 6.25. The Kier molecular flexibility index (Phi) is 2.22. The van der Waals surface area contributed by atoms with Crippen LogP contribution in [0.15, 0.2) is 6.20 Å². The molecule has 0 bridgehead atoms. The summed E-state index contributed by atoms with van der Waals surface area (Å²) < 4.78 is 36.4. The summed E-state index contributed by atoms with van der Waals surface area (Å²) in [5.41, 5.74) is 3.59. The number of aromatic nitrogens is 3. The van der Waals surface area contributed by atoms with Crippen molar-refractivity contribution in [2.45, 2.75) is 12.7 Å². The fourth-order valence-corrected chi connectivity index (χ4v) is 0.665. The van der Waals surface area contributed by atoms with Gasteiger partial charge in [-0.05, 0) is 0 Å². The van der Waals surface area contributed by atoms with Gasteiger partial charge in [-0.2, -0.15) is 13.2 Å². The summed E-state index contributed by atoms with van der Waals surface area (Å²) in [7, 11) is 0. The molecule has 8 heteroatoms. The van der Waals surface area contributed by atoms with E-state index in [1.165, 1.54) is 0 Å². The lowest BCUT2D eigenvalue weighted by molar-refractivity contribution is -0.141. The van der Waals surface area contributed by atoms with Gasteiger partial charge in [0.15, 0.2) is 5.69 Å². The molecule has 1 heterocycles. The van der Waals surface area contributed by atoms with Gasteiger partial charge in [0.2, 0.25) is 5.91 Å². The normalized spacial score (nSPS) is 11.6. The highest BCUT2D eigenvalue weighted by Gasteiger charge is 2.34. The minimum absolute atomic E-state index is 0.414. The largest absolute Gasteiger partial charge is 0.436 e. The summed E-state index contributed by atoms with van der Waals surface area (Å²) in [5, 5.41) is 5.89. The Morgan fingerprint density at radius 2 is 2.23 bits per heavy atom.